The SMILES string of the molecule is N#CCC1(COc2ccc(Cl)cc2CN)CC1. The van der Waals surface area contributed by atoms with Gasteiger partial charge in [0.05, 0.1) is 12.7 Å². The number of nitriles is 1. The summed E-state index contributed by atoms with van der Waals surface area (Å²) in [5, 5.41) is 9.40. The van der Waals surface area contributed by atoms with E-state index in [1.54, 1.807) is 6.07 Å². The van der Waals surface area contributed by atoms with E-state index >= 15 is 0 Å². The van der Waals surface area contributed by atoms with E-state index in [9.17, 15) is 0 Å². The highest BCUT2D eigenvalue weighted by molar-refractivity contribution is 6.30. The van der Waals surface area contributed by atoms with Gasteiger partial charge in [0.1, 0.15) is 5.75 Å². The Morgan fingerprint density at radius 2 is 2.24 bits per heavy atom. The molecule has 0 bridgehead atoms. The molecular weight excluding hydrogens is 236 g/mol. The largest absolute Gasteiger partial charge is 0.493 e. The minimum absolute atomic E-state index is 0.0836. The van der Waals surface area contributed by atoms with Crippen LogP contribution in [-0.4, -0.2) is 6.61 Å². The van der Waals surface area contributed by atoms with Gasteiger partial charge in [-0.3, -0.25) is 0 Å². The minimum atomic E-state index is 0.0836. The Morgan fingerprint density at radius 3 is 2.82 bits per heavy atom. The molecule has 90 valence electrons. The number of hydrogen-bond donors (Lipinski definition) is 1. The molecule has 0 atom stereocenters. The van der Waals surface area contributed by atoms with E-state index < -0.39 is 0 Å². The van der Waals surface area contributed by atoms with Crippen LogP contribution in [0.3, 0.4) is 0 Å². The predicted molar refractivity (Wildman–Crippen MR) is 66.7 cm³/mol. The van der Waals surface area contributed by atoms with Gasteiger partial charge in [-0.05, 0) is 31.0 Å². The van der Waals surface area contributed by atoms with Crippen LogP contribution in [-0.2, 0) is 6.54 Å². The van der Waals surface area contributed by atoms with Crippen molar-refractivity contribution in [3.05, 3.63) is 28.8 Å². The molecule has 0 saturated heterocycles. The van der Waals surface area contributed by atoms with Crippen LogP contribution in [0.25, 0.3) is 0 Å². The molecule has 1 fully saturated rings. The number of ether oxygens (including phenoxy) is 1. The molecule has 17 heavy (non-hydrogen) atoms. The highest BCUT2D eigenvalue weighted by atomic mass is 35.5. The van der Waals surface area contributed by atoms with Gasteiger partial charge in [-0.25, -0.2) is 0 Å². The van der Waals surface area contributed by atoms with Crippen LogP contribution in [0.5, 0.6) is 5.75 Å². The summed E-state index contributed by atoms with van der Waals surface area (Å²) >= 11 is 5.89. The third-order valence-electron chi connectivity index (χ3n) is 3.19. The maximum atomic E-state index is 8.73. The zero-order chi connectivity index (χ0) is 12.3. The van der Waals surface area contributed by atoms with Gasteiger partial charge < -0.3 is 10.5 Å². The molecule has 3 nitrogen and oxygen atoms in total. The van der Waals surface area contributed by atoms with Crippen LogP contribution in [0.2, 0.25) is 5.02 Å². The first-order valence-electron chi connectivity index (χ1n) is 5.67. The lowest BCUT2D eigenvalue weighted by molar-refractivity contribution is 0.235. The normalized spacial score (nSPS) is 16.3. The first kappa shape index (κ1) is 12.2. The Bertz CT molecular complexity index is 449. The summed E-state index contributed by atoms with van der Waals surface area (Å²) in [6, 6.07) is 7.67. The Balaban J connectivity index is 2.02. The molecular formula is C13H15ClN2O. The van der Waals surface area contributed by atoms with E-state index in [-0.39, 0.29) is 5.41 Å². The molecule has 1 aromatic carbocycles. The van der Waals surface area contributed by atoms with Crippen LogP contribution < -0.4 is 10.5 Å². The third kappa shape index (κ3) is 2.91. The average molecular weight is 251 g/mol. The first-order chi connectivity index (χ1) is 8.19. The number of nitrogens with zero attached hydrogens (tertiary/aromatic N) is 1. The standard InChI is InChI=1S/C13H15ClN2O/c14-11-1-2-12(10(7-11)8-16)17-9-13(3-4-13)5-6-15/h1-2,7H,3-5,8-9,16H2. The summed E-state index contributed by atoms with van der Waals surface area (Å²) < 4.78 is 5.77. The van der Waals surface area contributed by atoms with Gasteiger partial charge in [-0.1, -0.05) is 11.6 Å². The lowest BCUT2D eigenvalue weighted by Gasteiger charge is -2.15. The second-order valence-electron chi connectivity index (χ2n) is 4.58. The Morgan fingerprint density at radius 1 is 1.47 bits per heavy atom. The van der Waals surface area contributed by atoms with Crippen molar-refractivity contribution < 1.29 is 4.74 Å². The Hall–Kier alpha value is -1.24. The van der Waals surface area contributed by atoms with Crippen LogP contribution in [0, 0.1) is 16.7 Å². The van der Waals surface area contributed by atoms with Gasteiger partial charge in [-0.15, -0.1) is 0 Å². The molecule has 4 heteroatoms. The van der Waals surface area contributed by atoms with E-state index in [0.29, 0.717) is 24.6 Å². The average Bonchev–Trinajstić information content (AvgIpc) is 3.08. The van der Waals surface area contributed by atoms with Crippen molar-refractivity contribution in [1.29, 1.82) is 5.26 Å². The fraction of sp³-hybridized carbons (Fsp3) is 0.462. The number of halogens is 1. The number of hydrogen-bond acceptors (Lipinski definition) is 3. The third-order valence-corrected chi connectivity index (χ3v) is 3.42. The monoisotopic (exact) mass is 250 g/mol. The van der Waals surface area contributed by atoms with Crippen LogP contribution >= 0.6 is 11.6 Å². The second-order valence-corrected chi connectivity index (χ2v) is 5.02. The van der Waals surface area contributed by atoms with Gasteiger partial charge >= 0.3 is 0 Å². The summed E-state index contributed by atoms with van der Waals surface area (Å²) in [5.74, 6) is 0.779. The van der Waals surface area contributed by atoms with E-state index in [1.165, 1.54) is 0 Å². The fourth-order valence-electron chi connectivity index (χ4n) is 1.80. The van der Waals surface area contributed by atoms with Crippen LogP contribution in [0.15, 0.2) is 18.2 Å². The van der Waals surface area contributed by atoms with Gasteiger partial charge in [-0.2, -0.15) is 5.26 Å². The highest BCUT2D eigenvalue weighted by Gasteiger charge is 2.43. The smallest absolute Gasteiger partial charge is 0.123 e. The predicted octanol–water partition coefficient (Wildman–Crippen LogP) is 2.87. The molecule has 2 rings (SSSR count). The van der Waals surface area contributed by atoms with Gasteiger partial charge in [0, 0.05) is 29.0 Å². The molecule has 1 aromatic rings. The molecule has 1 saturated carbocycles. The van der Waals surface area contributed by atoms with Gasteiger partial charge in [0.15, 0.2) is 0 Å². The van der Waals surface area contributed by atoms with Crippen molar-refractivity contribution >= 4 is 11.6 Å². The minimum Gasteiger partial charge on any atom is -0.493 e. The summed E-state index contributed by atoms with van der Waals surface area (Å²) in [5.41, 5.74) is 6.63. The highest BCUT2D eigenvalue weighted by Crippen LogP contribution is 2.48. The molecule has 2 N–H and O–H groups in total. The van der Waals surface area contributed by atoms with Crippen molar-refractivity contribution in [1.82, 2.24) is 0 Å². The van der Waals surface area contributed by atoms with Crippen molar-refractivity contribution in [3.63, 3.8) is 0 Å². The lowest BCUT2D eigenvalue weighted by Crippen LogP contribution is -2.13. The van der Waals surface area contributed by atoms with Gasteiger partial charge in [0.2, 0.25) is 0 Å². The first-order valence-corrected chi connectivity index (χ1v) is 6.05. The summed E-state index contributed by atoms with van der Waals surface area (Å²) in [6.45, 7) is 0.996. The fourth-order valence-corrected chi connectivity index (χ4v) is 1.99. The zero-order valence-electron chi connectivity index (χ0n) is 9.58. The van der Waals surface area contributed by atoms with Crippen LogP contribution in [0.4, 0.5) is 0 Å². The van der Waals surface area contributed by atoms with Crippen LogP contribution in [0.1, 0.15) is 24.8 Å². The number of rotatable bonds is 5. The van der Waals surface area contributed by atoms with Crippen molar-refractivity contribution in [2.45, 2.75) is 25.8 Å². The number of benzene rings is 1. The number of nitrogens with two attached hydrogens (primary N) is 1. The second kappa shape index (κ2) is 4.95. The van der Waals surface area contributed by atoms with Crippen molar-refractivity contribution in [2.24, 2.45) is 11.1 Å². The summed E-state index contributed by atoms with van der Waals surface area (Å²) in [4.78, 5) is 0. The molecule has 1 aliphatic carbocycles. The molecule has 0 aliphatic heterocycles. The molecule has 0 spiro atoms. The maximum Gasteiger partial charge on any atom is 0.123 e. The van der Waals surface area contributed by atoms with E-state index in [4.69, 9.17) is 27.3 Å². The van der Waals surface area contributed by atoms with Gasteiger partial charge in [0.25, 0.3) is 0 Å². The molecule has 0 amide bonds. The zero-order valence-corrected chi connectivity index (χ0v) is 10.3. The summed E-state index contributed by atoms with van der Waals surface area (Å²) in [7, 11) is 0. The molecule has 0 aromatic heterocycles. The Labute approximate surface area is 106 Å². The lowest BCUT2D eigenvalue weighted by atomic mass is 10.1. The maximum absolute atomic E-state index is 8.73. The molecule has 0 heterocycles. The quantitative estimate of drug-likeness (QED) is 0.874. The summed E-state index contributed by atoms with van der Waals surface area (Å²) in [6.07, 6.45) is 2.72. The van der Waals surface area contributed by atoms with Crippen molar-refractivity contribution in [3.8, 4) is 11.8 Å². The Kier molecular flexibility index (Phi) is 3.56. The van der Waals surface area contributed by atoms with E-state index in [1.807, 2.05) is 12.1 Å². The molecule has 1 aliphatic rings. The van der Waals surface area contributed by atoms with Crippen molar-refractivity contribution in [2.75, 3.05) is 6.61 Å². The molecule has 0 radical (unpaired) electrons. The molecule has 0 unspecified atom stereocenters. The van der Waals surface area contributed by atoms with E-state index in [2.05, 4.69) is 6.07 Å². The topological polar surface area (TPSA) is 59.0 Å². The van der Waals surface area contributed by atoms with E-state index in [0.717, 1.165) is 24.2 Å².